The van der Waals surface area contributed by atoms with Crippen LogP contribution in [0.5, 0.6) is 0 Å². The lowest BCUT2D eigenvalue weighted by Crippen LogP contribution is -2.30. The van der Waals surface area contributed by atoms with Crippen LogP contribution in [0.1, 0.15) is 393 Å². The van der Waals surface area contributed by atoms with Crippen molar-refractivity contribution < 1.29 is 75.8 Å². The third kappa shape index (κ3) is 93.5. The first kappa shape index (κ1) is 114. The molecule has 0 aromatic carbocycles. The van der Waals surface area contributed by atoms with Crippen molar-refractivity contribution in [3.05, 3.63) is 170 Å². The number of carbonyl (C=O) groups excluding carboxylic acids is 3. The summed E-state index contributed by atoms with van der Waals surface area (Å²) in [4.78, 5) is 59.0. The molecule has 0 aromatic rings. The first-order valence-electron chi connectivity index (χ1n) is 47.4. The van der Waals surface area contributed by atoms with E-state index in [-0.39, 0.29) is 19.3 Å². The van der Waals surface area contributed by atoms with Crippen molar-refractivity contribution in [1.29, 1.82) is 0 Å². The van der Waals surface area contributed by atoms with Gasteiger partial charge in [0.2, 0.25) is 0 Å². The van der Waals surface area contributed by atoms with Crippen LogP contribution in [0, 0.1) is 0 Å². The summed E-state index contributed by atoms with van der Waals surface area (Å²) >= 11 is 0. The lowest BCUT2D eigenvalue weighted by molar-refractivity contribution is -0.161. The zero-order chi connectivity index (χ0) is 86.5. The molecule has 16 nitrogen and oxygen atoms in total. The maximum absolute atomic E-state index is 13.1. The molecule has 0 bridgehead atoms. The van der Waals surface area contributed by atoms with Crippen LogP contribution < -0.4 is 0 Å². The fourth-order valence-electron chi connectivity index (χ4n) is 12.8. The van der Waals surface area contributed by atoms with Gasteiger partial charge < -0.3 is 34.2 Å². The predicted molar refractivity (Wildman–Crippen MR) is 500 cm³/mol. The number of hydrogen-bond donors (Lipinski definition) is 4. The van der Waals surface area contributed by atoms with Crippen LogP contribution in [0.4, 0.5) is 0 Å². The minimum atomic E-state index is -4.95. The van der Waals surface area contributed by atoms with E-state index in [1.807, 2.05) is 0 Å². The second-order valence-electron chi connectivity index (χ2n) is 31.4. The Balaban J connectivity index is 4.59. The molecule has 18 heteroatoms. The van der Waals surface area contributed by atoms with E-state index in [4.69, 9.17) is 32.3 Å². The number of rotatable bonds is 89. The summed E-state index contributed by atoms with van der Waals surface area (Å²) in [6, 6.07) is 0. The number of hydrogen-bond acceptors (Lipinski definition) is 14. The van der Waals surface area contributed by atoms with E-state index in [9.17, 15) is 43.5 Å². The predicted octanol–water partition coefficient (Wildman–Crippen LogP) is 29.4. The maximum atomic E-state index is 13.1. The number of carbonyl (C=O) groups is 3. The third-order valence-electron chi connectivity index (χ3n) is 19.9. The Hall–Kier alpha value is -5.09. The lowest BCUT2D eigenvalue weighted by atomic mass is 10.0. The minimum absolute atomic E-state index is 0.0790. The van der Waals surface area contributed by atoms with Gasteiger partial charge >= 0.3 is 33.6 Å². The quantitative estimate of drug-likeness (QED) is 0.0146. The monoisotopic (exact) mass is 1700 g/mol. The average Bonchev–Trinajstić information content (AvgIpc) is 0.905. The van der Waals surface area contributed by atoms with Gasteiger partial charge in [-0.3, -0.25) is 32.5 Å². The Morgan fingerprint density at radius 1 is 0.244 bits per heavy atom. The summed E-state index contributed by atoms with van der Waals surface area (Å²) in [7, 11) is -9.82. The van der Waals surface area contributed by atoms with Gasteiger partial charge in [0.1, 0.15) is 25.4 Å². The van der Waals surface area contributed by atoms with Gasteiger partial charge in [-0.2, -0.15) is 0 Å². The molecule has 119 heavy (non-hydrogen) atoms. The molecular weight excluding hydrogens is 1530 g/mol. The average molecular weight is 1700 g/mol. The highest BCUT2D eigenvalue weighted by atomic mass is 31.2. The lowest BCUT2D eigenvalue weighted by Gasteiger charge is -2.21. The van der Waals surface area contributed by atoms with Gasteiger partial charge in [0, 0.05) is 19.3 Å². The molecule has 0 aliphatic rings. The Kier molecular flexibility index (Phi) is 88.2. The fourth-order valence-corrected chi connectivity index (χ4v) is 14.4. The summed E-state index contributed by atoms with van der Waals surface area (Å²) in [5.74, 6) is -1.59. The van der Waals surface area contributed by atoms with Crippen LogP contribution in [0.25, 0.3) is 0 Å². The Morgan fingerprint density at radius 2 is 0.445 bits per heavy atom. The number of aliphatic hydroxyl groups excluding tert-OH is 2. The molecule has 0 amide bonds. The van der Waals surface area contributed by atoms with Gasteiger partial charge in [0.25, 0.3) is 0 Å². The van der Waals surface area contributed by atoms with Crippen molar-refractivity contribution in [3.63, 3.8) is 0 Å². The number of phosphoric acid groups is 2. The van der Waals surface area contributed by atoms with E-state index in [1.165, 1.54) is 180 Å². The first-order chi connectivity index (χ1) is 58.2. The van der Waals surface area contributed by atoms with E-state index in [0.29, 0.717) is 19.3 Å². The highest BCUT2D eigenvalue weighted by molar-refractivity contribution is 7.47. The van der Waals surface area contributed by atoms with Crippen molar-refractivity contribution in [3.8, 4) is 0 Å². The van der Waals surface area contributed by atoms with Crippen LogP contribution >= 0.6 is 15.6 Å². The van der Waals surface area contributed by atoms with Crippen LogP contribution in [-0.4, -0.2) is 95.9 Å². The SMILES string of the molecule is CC/C=C\C/C=C\C/C=C\C/C=C\C/C=C\CCCCCCCCCCCCCCCCCC(=O)OCC(O)COP(=O)(O)OCC(O)COP(=O)(O)OCC(COC(=O)CCCCCCCCCCCCCCCCC/C=C\C/C=C\C/C=C\C/C=C\CCCCC)OC(=O)CCCCCCC/C=C\C/C=C\C/C=C\C/C=C\C/C=C\CC. The second kappa shape index (κ2) is 92.1. The van der Waals surface area contributed by atoms with Gasteiger partial charge in [0.15, 0.2) is 6.10 Å². The zero-order valence-corrected chi connectivity index (χ0v) is 77.0. The third-order valence-corrected chi connectivity index (χ3v) is 21.8. The number of aliphatic hydroxyl groups is 2. The molecule has 0 radical (unpaired) electrons. The van der Waals surface area contributed by atoms with Crippen LogP contribution in [0.2, 0.25) is 0 Å². The Morgan fingerprint density at radius 3 is 0.706 bits per heavy atom. The van der Waals surface area contributed by atoms with E-state index in [1.54, 1.807) is 0 Å². The van der Waals surface area contributed by atoms with Gasteiger partial charge in [-0.05, 0) is 154 Å². The number of allylic oxidation sites excluding steroid dienone is 28. The molecule has 0 aliphatic heterocycles. The second-order valence-corrected chi connectivity index (χ2v) is 34.3. The normalized spacial score (nSPS) is 14.5. The van der Waals surface area contributed by atoms with Gasteiger partial charge in [0.05, 0.1) is 26.4 Å². The molecule has 0 rings (SSSR count). The summed E-state index contributed by atoms with van der Waals surface area (Å²) in [6.45, 7) is 2.45. The van der Waals surface area contributed by atoms with E-state index < -0.39 is 91.5 Å². The van der Waals surface area contributed by atoms with Crippen LogP contribution in [-0.2, 0) is 55.8 Å². The molecule has 0 saturated heterocycles. The van der Waals surface area contributed by atoms with Gasteiger partial charge in [-0.1, -0.05) is 390 Å². The summed E-state index contributed by atoms with van der Waals surface area (Å²) in [5.41, 5.74) is 0. The topological polar surface area (TPSA) is 231 Å². The molecule has 0 aliphatic carbocycles. The number of ether oxygens (including phenoxy) is 3. The van der Waals surface area contributed by atoms with E-state index in [0.717, 1.165) is 154 Å². The maximum Gasteiger partial charge on any atom is 0.472 e. The summed E-state index contributed by atoms with van der Waals surface area (Å²) in [6.07, 6.45) is 120. The largest absolute Gasteiger partial charge is 0.472 e. The van der Waals surface area contributed by atoms with Gasteiger partial charge in [-0.15, -0.1) is 0 Å². The fraction of sp³-hybridized carbons (Fsp3) is 0.693. The molecule has 5 atom stereocenters. The molecule has 0 saturated carbocycles. The number of unbranched alkanes of at least 4 members (excludes halogenated alkanes) is 38. The van der Waals surface area contributed by atoms with Crippen LogP contribution in [0.15, 0.2) is 170 Å². The standard InChI is InChI=1S/C101H172O16P2/c1-4-7-10-13-16-19-22-25-28-31-34-37-39-41-43-45-47-49-51-53-55-58-60-63-66-69-72-75-78-81-84-87-99(104)111-90-96(102)91-113-118(107,108)114-92-97(103)93-115-119(109,110)116-95-98(117-101(106)89-86-83-80-77-74-71-68-65-62-57-36-33-30-27-24-21-18-15-12-9-6-3)94-112-100(105)88-85-82-79-76-73-70-67-64-61-59-56-54-52-50-48-46-44-42-40-38-35-32-29-26-23-20-17-14-11-8-5-2/h7,9-10,12,16-21,25-30,34-38,41-44,57,65,68,96-98,102-103H,4-6,8,11,13-15,22-24,31-33,39-40,45-56,58-64,66-67,69-95H2,1-3H3,(H,107,108)(H,109,110)/b10-7-,12-9-,19-16-,20-17-,21-18-,28-25-,29-26-,30-27-,37-34-,38-35-,43-41-,44-42-,57-36-,68-65-. The Bertz CT molecular complexity index is 2840. The van der Waals surface area contributed by atoms with Crippen molar-refractivity contribution in [2.75, 3.05) is 39.6 Å². The van der Waals surface area contributed by atoms with E-state index in [2.05, 4.69) is 191 Å². The smallest absolute Gasteiger partial charge is 0.463 e. The number of phosphoric ester groups is 2. The Labute approximate surface area is 726 Å². The molecule has 0 aromatic heterocycles. The summed E-state index contributed by atoms with van der Waals surface area (Å²) < 4.78 is 61.5. The summed E-state index contributed by atoms with van der Waals surface area (Å²) in [5, 5.41) is 20.7. The number of esters is 3. The van der Waals surface area contributed by atoms with Crippen molar-refractivity contribution >= 4 is 33.6 Å². The highest BCUT2D eigenvalue weighted by Crippen LogP contribution is 2.45. The molecular formula is C101H172O16P2. The molecule has 4 N–H and O–H groups in total. The van der Waals surface area contributed by atoms with Crippen molar-refractivity contribution in [2.24, 2.45) is 0 Å². The van der Waals surface area contributed by atoms with Crippen molar-refractivity contribution in [1.82, 2.24) is 0 Å². The van der Waals surface area contributed by atoms with Gasteiger partial charge in [-0.25, -0.2) is 9.13 Å². The molecule has 0 fully saturated rings. The van der Waals surface area contributed by atoms with Crippen molar-refractivity contribution in [2.45, 2.75) is 411 Å². The highest BCUT2D eigenvalue weighted by Gasteiger charge is 2.30. The molecule has 0 heterocycles. The van der Waals surface area contributed by atoms with E-state index >= 15 is 0 Å². The molecule has 0 spiro atoms. The van der Waals surface area contributed by atoms with Crippen LogP contribution in [0.3, 0.4) is 0 Å². The first-order valence-corrected chi connectivity index (χ1v) is 50.4. The zero-order valence-electron chi connectivity index (χ0n) is 75.2. The molecule has 5 unspecified atom stereocenters. The molecule has 682 valence electrons. The minimum Gasteiger partial charge on any atom is -0.463 e.